The van der Waals surface area contributed by atoms with Crippen LogP contribution in [0.4, 0.5) is 0 Å². The first-order chi connectivity index (χ1) is 11.7. The second kappa shape index (κ2) is 7.65. The summed E-state index contributed by atoms with van der Waals surface area (Å²) in [5.74, 6) is 2.62. The van der Waals surface area contributed by atoms with E-state index in [9.17, 15) is 4.79 Å². The van der Waals surface area contributed by atoms with E-state index in [0.29, 0.717) is 24.9 Å². The van der Waals surface area contributed by atoms with Gasteiger partial charge in [-0.05, 0) is 56.2 Å². The number of nitrogens with zero attached hydrogens (tertiary/aromatic N) is 1. The van der Waals surface area contributed by atoms with Gasteiger partial charge in [-0.15, -0.1) is 0 Å². The Bertz CT molecular complexity index is 649. The zero-order valence-corrected chi connectivity index (χ0v) is 14.5. The molecule has 1 atom stereocenters. The number of carbonyl (C=O) groups is 1. The Morgan fingerprint density at radius 3 is 2.54 bits per heavy atom. The van der Waals surface area contributed by atoms with Crippen LogP contribution in [0.2, 0.25) is 0 Å². The van der Waals surface area contributed by atoms with Crippen molar-refractivity contribution in [3.05, 3.63) is 46.8 Å². The summed E-state index contributed by atoms with van der Waals surface area (Å²) in [4.78, 5) is 11.1. The third-order valence-electron chi connectivity index (χ3n) is 5.19. The van der Waals surface area contributed by atoms with E-state index in [1.807, 2.05) is 26.0 Å². The Labute approximate surface area is 143 Å². The lowest BCUT2D eigenvalue weighted by atomic mass is 9.83. The maximum atomic E-state index is 11.1. The van der Waals surface area contributed by atoms with Crippen molar-refractivity contribution in [2.75, 3.05) is 0 Å². The Balaban J connectivity index is 1.66. The molecule has 4 nitrogen and oxygen atoms in total. The minimum absolute atomic E-state index is 0.349. The second-order valence-electron chi connectivity index (χ2n) is 6.71. The van der Waals surface area contributed by atoms with E-state index in [-0.39, 0.29) is 0 Å². The third kappa shape index (κ3) is 3.69. The molecule has 128 valence electrons. The van der Waals surface area contributed by atoms with Crippen LogP contribution in [0.15, 0.2) is 28.8 Å². The normalized spacial score (nSPS) is 16.2. The molecule has 0 N–H and O–H groups in total. The van der Waals surface area contributed by atoms with Crippen molar-refractivity contribution in [3.63, 3.8) is 0 Å². The lowest BCUT2D eigenvalue weighted by Crippen LogP contribution is -2.10. The van der Waals surface area contributed by atoms with Crippen molar-refractivity contribution >= 4 is 6.29 Å². The Morgan fingerprint density at radius 1 is 1.25 bits per heavy atom. The molecule has 1 unspecified atom stereocenters. The molecule has 24 heavy (non-hydrogen) atoms. The van der Waals surface area contributed by atoms with Gasteiger partial charge < -0.3 is 14.1 Å². The number of carbonyl (C=O) groups excluding carboxylic acids is 1. The molecule has 0 bridgehead atoms. The summed E-state index contributed by atoms with van der Waals surface area (Å²) < 4.78 is 11.0. The fourth-order valence-corrected chi connectivity index (χ4v) is 3.74. The number of hydrogen-bond donors (Lipinski definition) is 0. The highest BCUT2D eigenvalue weighted by Gasteiger charge is 2.26. The molecule has 1 aliphatic carbocycles. The SMILES string of the molecule is Cc1noc(C)c1COc1ccc(C(CC=O)C2CCCC2)cc1. The van der Waals surface area contributed by atoms with Gasteiger partial charge >= 0.3 is 0 Å². The molecule has 3 rings (SSSR count). The maximum Gasteiger partial charge on any atom is 0.140 e. The molecule has 0 amide bonds. The molecule has 1 aliphatic rings. The summed E-state index contributed by atoms with van der Waals surface area (Å²) in [6.45, 7) is 4.28. The predicted octanol–water partition coefficient (Wildman–Crippen LogP) is 4.73. The lowest BCUT2D eigenvalue weighted by Gasteiger charge is -2.22. The smallest absolute Gasteiger partial charge is 0.140 e. The molecule has 2 aromatic rings. The van der Waals surface area contributed by atoms with Crippen LogP contribution in [0.1, 0.15) is 60.6 Å². The molecule has 4 heteroatoms. The van der Waals surface area contributed by atoms with Crippen LogP contribution < -0.4 is 4.74 Å². The average molecular weight is 327 g/mol. The molecule has 0 radical (unpaired) electrons. The molecule has 1 aromatic heterocycles. The largest absolute Gasteiger partial charge is 0.489 e. The standard InChI is InChI=1S/C20H25NO3/c1-14-20(15(2)24-21-14)13-23-18-9-7-17(8-10-18)19(11-12-22)16-5-3-4-6-16/h7-10,12,16,19H,3-6,11,13H2,1-2H3. The van der Waals surface area contributed by atoms with E-state index in [4.69, 9.17) is 9.26 Å². The van der Waals surface area contributed by atoms with Crippen LogP contribution >= 0.6 is 0 Å². The summed E-state index contributed by atoms with van der Waals surface area (Å²) >= 11 is 0. The molecule has 1 saturated carbocycles. The van der Waals surface area contributed by atoms with Gasteiger partial charge in [-0.2, -0.15) is 0 Å². The van der Waals surface area contributed by atoms with Gasteiger partial charge in [-0.1, -0.05) is 30.1 Å². The van der Waals surface area contributed by atoms with Crippen molar-refractivity contribution < 1.29 is 14.1 Å². The van der Waals surface area contributed by atoms with Crippen LogP contribution in [0, 0.1) is 19.8 Å². The summed E-state index contributed by atoms with van der Waals surface area (Å²) in [6, 6.07) is 8.21. The van der Waals surface area contributed by atoms with Gasteiger partial charge in [0, 0.05) is 6.42 Å². The number of ether oxygens (including phenoxy) is 1. The summed E-state index contributed by atoms with van der Waals surface area (Å²) in [6.07, 6.45) is 6.73. The van der Waals surface area contributed by atoms with E-state index in [2.05, 4.69) is 17.3 Å². The molecule has 1 fully saturated rings. The van der Waals surface area contributed by atoms with E-state index in [0.717, 1.165) is 29.1 Å². The van der Waals surface area contributed by atoms with Gasteiger partial charge in [0.25, 0.3) is 0 Å². The lowest BCUT2D eigenvalue weighted by molar-refractivity contribution is -0.108. The highest BCUT2D eigenvalue weighted by atomic mass is 16.5. The Kier molecular flexibility index (Phi) is 5.34. The molecule has 0 spiro atoms. The summed E-state index contributed by atoms with van der Waals surface area (Å²) in [5, 5.41) is 3.94. The highest BCUT2D eigenvalue weighted by molar-refractivity contribution is 5.52. The van der Waals surface area contributed by atoms with Crippen molar-refractivity contribution in [3.8, 4) is 5.75 Å². The monoisotopic (exact) mass is 327 g/mol. The van der Waals surface area contributed by atoms with Gasteiger partial charge in [0.05, 0.1) is 11.3 Å². The third-order valence-corrected chi connectivity index (χ3v) is 5.19. The van der Waals surface area contributed by atoms with E-state index in [1.165, 1.54) is 31.2 Å². The highest BCUT2D eigenvalue weighted by Crippen LogP contribution is 2.39. The van der Waals surface area contributed by atoms with Crippen molar-refractivity contribution in [1.82, 2.24) is 5.16 Å². The minimum Gasteiger partial charge on any atom is -0.489 e. The number of benzene rings is 1. The Hall–Kier alpha value is -2.10. The summed E-state index contributed by atoms with van der Waals surface area (Å²) in [7, 11) is 0. The van der Waals surface area contributed by atoms with Crippen molar-refractivity contribution in [2.24, 2.45) is 5.92 Å². The molecule has 0 aliphatic heterocycles. The summed E-state index contributed by atoms with van der Waals surface area (Å²) in [5.41, 5.74) is 3.12. The molecule has 0 saturated heterocycles. The van der Waals surface area contributed by atoms with Crippen LogP contribution in [-0.4, -0.2) is 11.4 Å². The van der Waals surface area contributed by atoms with Crippen LogP contribution in [0.5, 0.6) is 5.75 Å². The molecule has 1 heterocycles. The van der Waals surface area contributed by atoms with E-state index < -0.39 is 0 Å². The van der Waals surface area contributed by atoms with Crippen molar-refractivity contribution in [1.29, 1.82) is 0 Å². The second-order valence-corrected chi connectivity index (χ2v) is 6.71. The van der Waals surface area contributed by atoms with Gasteiger partial charge in [-0.3, -0.25) is 0 Å². The fourth-order valence-electron chi connectivity index (χ4n) is 3.74. The number of rotatable bonds is 7. The first-order valence-corrected chi connectivity index (χ1v) is 8.77. The first kappa shape index (κ1) is 16.7. The maximum absolute atomic E-state index is 11.1. The van der Waals surface area contributed by atoms with E-state index >= 15 is 0 Å². The number of aromatic nitrogens is 1. The Morgan fingerprint density at radius 2 is 1.96 bits per heavy atom. The van der Waals surface area contributed by atoms with Crippen LogP contribution in [-0.2, 0) is 11.4 Å². The van der Waals surface area contributed by atoms with Gasteiger partial charge in [-0.25, -0.2) is 0 Å². The minimum atomic E-state index is 0.349. The predicted molar refractivity (Wildman–Crippen MR) is 92.1 cm³/mol. The average Bonchev–Trinajstić information content (AvgIpc) is 3.23. The number of aryl methyl sites for hydroxylation is 2. The molecular weight excluding hydrogens is 302 g/mol. The van der Waals surface area contributed by atoms with Crippen molar-refractivity contribution in [2.45, 2.75) is 58.5 Å². The molecular formula is C20H25NO3. The molecule has 1 aromatic carbocycles. The zero-order chi connectivity index (χ0) is 16.9. The van der Waals surface area contributed by atoms with Gasteiger partial charge in [0.1, 0.15) is 24.4 Å². The quantitative estimate of drug-likeness (QED) is 0.690. The number of aldehydes is 1. The van der Waals surface area contributed by atoms with Gasteiger partial charge in [0.2, 0.25) is 0 Å². The van der Waals surface area contributed by atoms with E-state index in [1.54, 1.807) is 0 Å². The van der Waals surface area contributed by atoms with Crippen LogP contribution in [0.25, 0.3) is 0 Å². The zero-order valence-electron chi connectivity index (χ0n) is 14.5. The van der Waals surface area contributed by atoms with Crippen LogP contribution in [0.3, 0.4) is 0 Å². The topological polar surface area (TPSA) is 52.3 Å². The van der Waals surface area contributed by atoms with Gasteiger partial charge in [0.15, 0.2) is 0 Å². The first-order valence-electron chi connectivity index (χ1n) is 8.77. The fraction of sp³-hybridized carbons (Fsp3) is 0.500. The number of hydrogen-bond acceptors (Lipinski definition) is 4.